The van der Waals surface area contributed by atoms with Crippen molar-refractivity contribution in [1.29, 1.82) is 0 Å². The number of carbonyl (C=O) groups excluding carboxylic acids is 2. The molecule has 1 amide bonds. The molecule has 1 fully saturated rings. The maximum atomic E-state index is 13.1. The third-order valence-corrected chi connectivity index (χ3v) is 5.43. The Morgan fingerprint density at radius 1 is 1.21 bits per heavy atom. The molecule has 2 aromatic rings. The van der Waals surface area contributed by atoms with Gasteiger partial charge >= 0.3 is 0 Å². The number of aliphatic hydroxyl groups is 1. The molecule has 3 rings (SSSR count). The Morgan fingerprint density at radius 2 is 2.00 bits per heavy atom. The maximum absolute atomic E-state index is 13.1. The van der Waals surface area contributed by atoms with Gasteiger partial charge < -0.3 is 24.2 Å². The Bertz CT molecular complexity index is 1080. The standard InChI is InChI=1S/C25H26ClNO6/c1-4-12-33-18-8-6-7-16(14-18)22-21(24(29)25(30)27(22)11-13-31-3)23(28)17-9-10-19(26)20(15-17)32-5-2/h4,6-10,14-15,22,28H,1,5,11-13H2,2-3H3/b23-21-. The smallest absolute Gasteiger partial charge is 0.295 e. The van der Waals surface area contributed by atoms with Crippen molar-refractivity contribution in [2.75, 3.05) is 33.5 Å². The topological polar surface area (TPSA) is 85.3 Å². The van der Waals surface area contributed by atoms with Gasteiger partial charge in [-0.05, 0) is 42.8 Å². The zero-order valence-electron chi connectivity index (χ0n) is 18.5. The second-order valence-corrected chi connectivity index (χ2v) is 7.64. The van der Waals surface area contributed by atoms with Gasteiger partial charge in [0, 0.05) is 19.2 Å². The van der Waals surface area contributed by atoms with Gasteiger partial charge in [-0.25, -0.2) is 0 Å². The van der Waals surface area contributed by atoms with Crippen molar-refractivity contribution < 1.29 is 28.9 Å². The van der Waals surface area contributed by atoms with E-state index >= 15 is 0 Å². The molecule has 1 saturated heterocycles. The average Bonchev–Trinajstić information content (AvgIpc) is 3.07. The predicted molar refractivity (Wildman–Crippen MR) is 126 cm³/mol. The van der Waals surface area contributed by atoms with Gasteiger partial charge in [-0.1, -0.05) is 36.4 Å². The van der Waals surface area contributed by atoms with Crippen molar-refractivity contribution >= 4 is 29.1 Å². The monoisotopic (exact) mass is 471 g/mol. The molecule has 1 unspecified atom stereocenters. The van der Waals surface area contributed by atoms with Crippen LogP contribution < -0.4 is 9.47 Å². The number of rotatable bonds is 10. The molecule has 0 radical (unpaired) electrons. The van der Waals surface area contributed by atoms with Gasteiger partial charge in [0.25, 0.3) is 11.7 Å². The summed E-state index contributed by atoms with van der Waals surface area (Å²) in [5, 5.41) is 11.6. The molecule has 1 heterocycles. The van der Waals surface area contributed by atoms with E-state index in [1.807, 2.05) is 6.92 Å². The molecule has 7 nitrogen and oxygen atoms in total. The highest BCUT2D eigenvalue weighted by Gasteiger charge is 2.46. The number of Topliss-reactive ketones (excluding diaryl/α,β-unsaturated/α-hetero) is 1. The summed E-state index contributed by atoms with van der Waals surface area (Å²) in [4.78, 5) is 27.4. The summed E-state index contributed by atoms with van der Waals surface area (Å²) in [6.45, 7) is 6.53. The summed E-state index contributed by atoms with van der Waals surface area (Å²) >= 11 is 6.17. The lowest BCUT2D eigenvalue weighted by molar-refractivity contribution is -0.140. The molecule has 8 heteroatoms. The van der Waals surface area contributed by atoms with Crippen LogP contribution in [0.4, 0.5) is 0 Å². The van der Waals surface area contributed by atoms with Crippen LogP contribution in [0.3, 0.4) is 0 Å². The Balaban J connectivity index is 2.15. The third-order valence-electron chi connectivity index (χ3n) is 5.12. The van der Waals surface area contributed by atoms with Crippen LogP contribution in [0.5, 0.6) is 11.5 Å². The van der Waals surface area contributed by atoms with E-state index in [9.17, 15) is 14.7 Å². The van der Waals surface area contributed by atoms with Crippen LogP contribution in [0.25, 0.3) is 5.76 Å². The van der Waals surface area contributed by atoms with Crippen LogP contribution in [0.1, 0.15) is 24.1 Å². The van der Waals surface area contributed by atoms with Crippen LogP contribution in [-0.2, 0) is 14.3 Å². The van der Waals surface area contributed by atoms with Gasteiger partial charge in [0.1, 0.15) is 23.9 Å². The first-order valence-corrected chi connectivity index (χ1v) is 10.8. The first-order chi connectivity index (χ1) is 15.9. The number of hydrogen-bond donors (Lipinski definition) is 1. The Hall–Kier alpha value is -3.29. The quantitative estimate of drug-likeness (QED) is 0.240. The number of carbonyl (C=O) groups is 2. The molecule has 1 atom stereocenters. The minimum Gasteiger partial charge on any atom is -0.507 e. The minimum atomic E-state index is -0.821. The number of halogens is 1. The van der Waals surface area contributed by atoms with E-state index < -0.39 is 17.7 Å². The van der Waals surface area contributed by atoms with Gasteiger partial charge in [0.05, 0.1) is 29.9 Å². The largest absolute Gasteiger partial charge is 0.507 e. The summed E-state index contributed by atoms with van der Waals surface area (Å²) < 4.78 is 16.3. The lowest BCUT2D eigenvalue weighted by atomic mass is 9.95. The van der Waals surface area contributed by atoms with E-state index in [4.69, 9.17) is 25.8 Å². The number of ether oxygens (including phenoxy) is 3. The van der Waals surface area contributed by atoms with Crippen molar-refractivity contribution in [1.82, 2.24) is 4.90 Å². The van der Waals surface area contributed by atoms with Crippen molar-refractivity contribution in [3.63, 3.8) is 0 Å². The fourth-order valence-electron chi connectivity index (χ4n) is 3.65. The van der Waals surface area contributed by atoms with Gasteiger partial charge in [0.15, 0.2) is 0 Å². The molecule has 0 spiro atoms. The highest BCUT2D eigenvalue weighted by atomic mass is 35.5. The first-order valence-electron chi connectivity index (χ1n) is 10.5. The van der Waals surface area contributed by atoms with Gasteiger partial charge in [-0.3, -0.25) is 9.59 Å². The van der Waals surface area contributed by atoms with Crippen LogP contribution in [-0.4, -0.2) is 55.2 Å². The predicted octanol–water partition coefficient (Wildman–Crippen LogP) is 4.37. The molecule has 0 aromatic heterocycles. The van der Waals surface area contributed by atoms with Gasteiger partial charge in [-0.15, -0.1) is 0 Å². The van der Waals surface area contributed by atoms with Crippen LogP contribution >= 0.6 is 11.6 Å². The number of hydrogen-bond acceptors (Lipinski definition) is 6. The van der Waals surface area contributed by atoms with Gasteiger partial charge in [0.2, 0.25) is 0 Å². The van der Waals surface area contributed by atoms with Crippen LogP contribution in [0.2, 0.25) is 5.02 Å². The molecule has 0 bridgehead atoms. The molecule has 1 aliphatic rings. The minimum absolute atomic E-state index is 0.0262. The zero-order valence-corrected chi connectivity index (χ0v) is 19.3. The molecule has 0 aliphatic carbocycles. The molecule has 1 N–H and O–H groups in total. The molecule has 1 aliphatic heterocycles. The second-order valence-electron chi connectivity index (χ2n) is 7.24. The van der Waals surface area contributed by atoms with E-state index in [1.165, 1.54) is 12.0 Å². The van der Waals surface area contributed by atoms with Crippen molar-refractivity contribution in [2.24, 2.45) is 0 Å². The molecule has 174 valence electrons. The highest BCUT2D eigenvalue weighted by molar-refractivity contribution is 6.46. The lowest BCUT2D eigenvalue weighted by Gasteiger charge is -2.25. The number of nitrogens with zero attached hydrogens (tertiary/aromatic N) is 1. The third kappa shape index (κ3) is 5.21. The Morgan fingerprint density at radius 3 is 2.70 bits per heavy atom. The summed E-state index contributed by atoms with van der Waals surface area (Å²) in [5.74, 6) is -0.884. The van der Waals surface area contributed by atoms with Crippen LogP contribution in [0.15, 0.2) is 60.7 Å². The fraction of sp³-hybridized carbons (Fsp3) is 0.280. The molecule has 0 saturated carbocycles. The SMILES string of the molecule is C=CCOc1cccc(C2/C(=C(/O)c3ccc(Cl)c(OCC)c3)C(=O)C(=O)N2CCOC)c1. The second kappa shape index (κ2) is 11.0. The van der Waals surface area contributed by atoms with Crippen molar-refractivity contribution in [2.45, 2.75) is 13.0 Å². The van der Waals surface area contributed by atoms with E-state index in [0.717, 1.165) is 0 Å². The average molecular weight is 472 g/mol. The first kappa shape index (κ1) is 24.4. The number of ketones is 1. The summed E-state index contributed by atoms with van der Waals surface area (Å²) in [6.07, 6.45) is 1.62. The Labute approximate surface area is 197 Å². The van der Waals surface area contributed by atoms with E-state index in [2.05, 4.69) is 6.58 Å². The van der Waals surface area contributed by atoms with Crippen molar-refractivity contribution in [3.8, 4) is 11.5 Å². The van der Waals surface area contributed by atoms with E-state index in [0.29, 0.717) is 40.9 Å². The molecular weight excluding hydrogens is 446 g/mol. The number of methoxy groups -OCH3 is 1. The molecular formula is C25H26ClNO6. The maximum Gasteiger partial charge on any atom is 0.295 e. The highest BCUT2D eigenvalue weighted by Crippen LogP contribution is 2.41. The van der Waals surface area contributed by atoms with E-state index in [1.54, 1.807) is 48.5 Å². The fourth-order valence-corrected chi connectivity index (χ4v) is 3.82. The number of likely N-dealkylation sites (tertiary alicyclic amines) is 1. The summed E-state index contributed by atoms with van der Waals surface area (Å²) in [6, 6.07) is 10.9. The lowest BCUT2D eigenvalue weighted by Crippen LogP contribution is -2.32. The molecule has 33 heavy (non-hydrogen) atoms. The number of amides is 1. The Kier molecular flexibility index (Phi) is 8.14. The van der Waals surface area contributed by atoms with Crippen LogP contribution in [0, 0.1) is 0 Å². The molecule has 2 aromatic carbocycles. The summed E-state index contributed by atoms with van der Waals surface area (Å²) in [7, 11) is 1.51. The van der Waals surface area contributed by atoms with E-state index in [-0.39, 0.29) is 24.5 Å². The summed E-state index contributed by atoms with van der Waals surface area (Å²) in [5.41, 5.74) is 0.908. The number of benzene rings is 2. The van der Waals surface area contributed by atoms with Gasteiger partial charge in [-0.2, -0.15) is 0 Å². The zero-order chi connectivity index (χ0) is 24.0. The normalized spacial score (nSPS) is 17.3. The number of aliphatic hydroxyl groups excluding tert-OH is 1. The van der Waals surface area contributed by atoms with Crippen molar-refractivity contribution in [3.05, 3.63) is 76.8 Å².